The number of carboxylic acids is 4. The molecule has 0 saturated heterocycles. The van der Waals surface area contributed by atoms with Gasteiger partial charge in [0.15, 0.2) is 0 Å². The summed E-state index contributed by atoms with van der Waals surface area (Å²) in [7, 11) is -4.36. The van der Waals surface area contributed by atoms with Gasteiger partial charge in [0.05, 0.1) is 11.1 Å². The van der Waals surface area contributed by atoms with Gasteiger partial charge in [-0.05, 0) is 72.8 Å². The van der Waals surface area contributed by atoms with Gasteiger partial charge >= 0.3 is 34.0 Å². The van der Waals surface area contributed by atoms with E-state index in [9.17, 15) is 48.0 Å². The minimum absolute atomic E-state index is 0.0215. The number of carboxylic acid groups (broad SMARTS) is 4. The van der Waals surface area contributed by atoms with Crippen molar-refractivity contribution in [2.75, 3.05) is 0 Å². The van der Waals surface area contributed by atoms with Gasteiger partial charge in [-0.3, -0.25) is 0 Å². The molecule has 0 aliphatic carbocycles. The molecule has 0 saturated carbocycles. The zero-order chi connectivity index (χ0) is 30.6. The molecule has 0 fully saturated rings. The monoisotopic (exact) mass is 594 g/mol. The molecule has 42 heavy (non-hydrogen) atoms. The highest BCUT2D eigenvalue weighted by atomic mass is 32.2. The second-order valence-electron chi connectivity index (χ2n) is 8.26. The zero-order valence-electron chi connectivity index (χ0n) is 21.0. The Morgan fingerprint density at radius 2 is 0.881 bits per heavy atom. The van der Waals surface area contributed by atoms with Crippen molar-refractivity contribution in [1.29, 1.82) is 0 Å². The molecule has 0 aromatic heterocycles. The maximum Gasteiger partial charge on any atom is 0.340 e. The minimum Gasteiger partial charge on any atom is -0.478 e. The third-order valence-electron chi connectivity index (χ3n) is 5.54. The molecule has 14 heteroatoms. The molecule has 0 aliphatic rings. The average molecular weight is 595 g/mol. The second-order valence-corrected chi connectivity index (χ2v) is 9.81. The standard InChI is InChI=1S/C28H18O13S/c29-25(30)19-3-1-5-21(23(19)27(33)34)39-15-7-9-17(10-8-15)41-42(37,38)18-13-11-16(12-14-18)40-22-6-2-4-20(26(31)32)24(22)28(35)36/h1-14H,(H,29,30)(H,31,32)(H,33,34)(H,35,36). The predicted molar refractivity (Wildman–Crippen MR) is 142 cm³/mol. The van der Waals surface area contributed by atoms with E-state index in [4.69, 9.17) is 13.7 Å². The molecule has 0 heterocycles. The normalized spacial score (nSPS) is 10.9. The summed E-state index contributed by atoms with van der Waals surface area (Å²) in [6.45, 7) is 0. The number of hydrogen-bond donors (Lipinski definition) is 4. The molecular formula is C28H18O13S. The number of benzene rings is 4. The van der Waals surface area contributed by atoms with Gasteiger partial charge in [0.2, 0.25) is 0 Å². The van der Waals surface area contributed by atoms with Gasteiger partial charge in [-0.2, -0.15) is 8.42 Å². The summed E-state index contributed by atoms with van der Waals surface area (Å²) in [4.78, 5) is 45.6. The van der Waals surface area contributed by atoms with Crippen LogP contribution in [-0.4, -0.2) is 52.7 Å². The van der Waals surface area contributed by atoms with Crippen LogP contribution in [0.5, 0.6) is 28.7 Å². The lowest BCUT2D eigenvalue weighted by molar-refractivity contribution is 0.0649. The lowest BCUT2D eigenvalue weighted by Gasteiger charge is -2.12. The number of hydrogen-bond acceptors (Lipinski definition) is 9. The van der Waals surface area contributed by atoms with E-state index in [1.165, 1.54) is 60.7 Å². The molecule has 0 radical (unpaired) electrons. The van der Waals surface area contributed by atoms with Crippen molar-refractivity contribution in [1.82, 2.24) is 0 Å². The van der Waals surface area contributed by atoms with E-state index in [2.05, 4.69) is 0 Å². The van der Waals surface area contributed by atoms with Crippen LogP contribution in [0.15, 0.2) is 89.8 Å². The number of aromatic carboxylic acids is 4. The van der Waals surface area contributed by atoms with Gasteiger partial charge < -0.3 is 34.1 Å². The molecule has 0 bridgehead atoms. The van der Waals surface area contributed by atoms with E-state index in [-0.39, 0.29) is 33.6 Å². The Morgan fingerprint density at radius 3 is 1.26 bits per heavy atom. The number of rotatable bonds is 11. The quantitative estimate of drug-likeness (QED) is 0.172. The highest BCUT2D eigenvalue weighted by Crippen LogP contribution is 2.31. The van der Waals surface area contributed by atoms with Gasteiger partial charge in [-0.15, -0.1) is 0 Å². The number of ether oxygens (including phenoxy) is 2. The van der Waals surface area contributed by atoms with Crippen molar-refractivity contribution in [3.63, 3.8) is 0 Å². The summed E-state index contributed by atoms with van der Waals surface area (Å²) < 4.78 is 41.7. The van der Waals surface area contributed by atoms with Crippen LogP contribution in [-0.2, 0) is 10.1 Å². The zero-order valence-corrected chi connectivity index (χ0v) is 21.8. The van der Waals surface area contributed by atoms with E-state index < -0.39 is 56.2 Å². The van der Waals surface area contributed by atoms with Gasteiger partial charge in [0.25, 0.3) is 0 Å². The molecule has 0 aliphatic heterocycles. The Kier molecular flexibility index (Phi) is 8.10. The highest BCUT2D eigenvalue weighted by molar-refractivity contribution is 7.87. The first kappa shape index (κ1) is 29.1. The molecule has 0 atom stereocenters. The van der Waals surface area contributed by atoms with Crippen LogP contribution in [0.1, 0.15) is 41.4 Å². The maximum absolute atomic E-state index is 12.8. The molecule has 4 rings (SSSR count). The van der Waals surface area contributed by atoms with Crippen LogP contribution in [0.2, 0.25) is 0 Å². The van der Waals surface area contributed by atoms with Crippen LogP contribution in [0.4, 0.5) is 0 Å². The first-order valence-corrected chi connectivity index (χ1v) is 13.0. The first-order chi connectivity index (χ1) is 19.9. The third-order valence-corrected chi connectivity index (χ3v) is 6.80. The summed E-state index contributed by atoms with van der Waals surface area (Å²) >= 11 is 0. The van der Waals surface area contributed by atoms with E-state index in [1.54, 1.807) is 0 Å². The van der Waals surface area contributed by atoms with Crippen molar-refractivity contribution >= 4 is 34.0 Å². The van der Waals surface area contributed by atoms with Crippen LogP contribution in [0.25, 0.3) is 0 Å². The minimum atomic E-state index is -4.36. The molecule has 4 aromatic rings. The van der Waals surface area contributed by atoms with Crippen molar-refractivity contribution in [3.05, 3.63) is 107 Å². The molecule has 13 nitrogen and oxygen atoms in total. The average Bonchev–Trinajstić information content (AvgIpc) is 2.93. The van der Waals surface area contributed by atoms with Gasteiger partial charge in [-0.25, -0.2) is 19.2 Å². The van der Waals surface area contributed by atoms with Crippen molar-refractivity contribution in [3.8, 4) is 28.7 Å². The summed E-state index contributed by atoms with van der Waals surface area (Å²) in [5.74, 6) is -6.50. The van der Waals surface area contributed by atoms with Gasteiger partial charge in [0.1, 0.15) is 44.8 Å². The molecule has 4 aromatic carbocycles. The summed E-state index contributed by atoms with van der Waals surface area (Å²) in [6.07, 6.45) is 0. The molecule has 0 unspecified atom stereocenters. The fraction of sp³-hybridized carbons (Fsp3) is 0. The lowest BCUT2D eigenvalue weighted by atomic mass is 10.1. The van der Waals surface area contributed by atoms with E-state index in [0.717, 1.165) is 24.3 Å². The van der Waals surface area contributed by atoms with Crippen molar-refractivity contribution in [2.24, 2.45) is 0 Å². The van der Waals surface area contributed by atoms with E-state index in [0.29, 0.717) is 0 Å². The Hall–Kier alpha value is -5.89. The Bertz CT molecular complexity index is 1810. The van der Waals surface area contributed by atoms with Crippen molar-refractivity contribution in [2.45, 2.75) is 4.90 Å². The fourth-order valence-corrected chi connectivity index (χ4v) is 4.63. The van der Waals surface area contributed by atoms with Gasteiger partial charge in [0, 0.05) is 0 Å². The molecule has 0 amide bonds. The Balaban J connectivity index is 1.49. The molecular weight excluding hydrogens is 576 g/mol. The first-order valence-electron chi connectivity index (χ1n) is 11.6. The summed E-state index contributed by atoms with van der Waals surface area (Å²) in [6, 6.07) is 17.1. The second kappa shape index (κ2) is 11.7. The highest BCUT2D eigenvalue weighted by Gasteiger charge is 2.23. The number of carbonyl (C=O) groups is 4. The third kappa shape index (κ3) is 6.29. The van der Waals surface area contributed by atoms with Crippen molar-refractivity contribution < 1.29 is 61.7 Å². The maximum atomic E-state index is 12.8. The smallest absolute Gasteiger partial charge is 0.340 e. The summed E-state index contributed by atoms with van der Waals surface area (Å²) in [5.41, 5.74) is -2.10. The lowest BCUT2D eigenvalue weighted by Crippen LogP contribution is -2.10. The Morgan fingerprint density at radius 1 is 0.500 bits per heavy atom. The Labute approximate surface area is 236 Å². The van der Waals surface area contributed by atoms with Crippen LogP contribution in [0, 0.1) is 0 Å². The summed E-state index contributed by atoms with van der Waals surface area (Å²) in [5, 5.41) is 37.3. The predicted octanol–water partition coefficient (Wildman–Crippen LogP) is 4.83. The molecule has 4 N–H and O–H groups in total. The largest absolute Gasteiger partial charge is 0.478 e. The van der Waals surface area contributed by atoms with Gasteiger partial charge in [-0.1, -0.05) is 12.1 Å². The fourth-order valence-electron chi connectivity index (χ4n) is 3.70. The van der Waals surface area contributed by atoms with E-state index >= 15 is 0 Å². The SMILES string of the molecule is O=C(O)c1cccc(Oc2ccc(OS(=O)(=O)c3ccc(Oc4cccc(C(=O)O)c4C(=O)O)cc3)cc2)c1C(=O)O. The van der Waals surface area contributed by atoms with E-state index in [1.807, 2.05) is 0 Å². The topological polar surface area (TPSA) is 211 Å². The van der Waals surface area contributed by atoms with Crippen LogP contribution in [0.3, 0.4) is 0 Å². The van der Waals surface area contributed by atoms with Crippen LogP contribution < -0.4 is 13.7 Å². The van der Waals surface area contributed by atoms with Crippen LogP contribution >= 0.6 is 0 Å². The molecule has 214 valence electrons. The molecule has 0 spiro atoms.